The highest BCUT2D eigenvalue weighted by Gasteiger charge is 2.23. The Labute approximate surface area is 297 Å². The fourth-order valence-electron chi connectivity index (χ4n) is 7.95. The summed E-state index contributed by atoms with van der Waals surface area (Å²) in [7, 11) is 0. The maximum atomic E-state index is 5.40. The average Bonchev–Trinajstić information content (AvgIpc) is 3.85. The lowest BCUT2D eigenvalue weighted by Gasteiger charge is -2.15. The van der Waals surface area contributed by atoms with Gasteiger partial charge in [0, 0.05) is 53.8 Å². The van der Waals surface area contributed by atoms with Gasteiger partial charge < -0.3 is 9.13 Å². The van der Waals surface area contributed by atoms with E-state index in [1.54, 1.807) is 11.3 Å². The van der Waals surface area contributed by atoms with Gasteiger partial charge in [-0.3, -0.25) is 0 Å². The minimum absolute atomic E-state index is 0.733. The molecule has 51 heavy (non-hydrogen) atoms. The van der Waals surface area contributed by atoms with Crippen LogP contribution >= 0.6 is 11.3 Å². The zero-order valence-corrected chi connectivity index (χ0v) is 28.2. The van der Waals surface area contributed by atoms with Gasteiger partial charge in [-0.2, -0.15) is 0 Å². The van der Waals surface area contributed by atoms with Crippen LogP contribution in [0.2, 0.25) is 0 Å². The van der Waals surface area contributed by atoms with Gasteiger partial charge in [-0.1, -0.05) is 121 Å². The molecule has 0 amide bonds. The van der Waals surface area contributed by atoms with E-state index in [1.165, 1.54) is 42.7 Å². The maximum absolute atomic E-state index is 5.40. The minimum atomic E-state index is 0.733. The average molecular weight is 669 g/mol. The summed E-state index contributed by atoms with van der Waals surface area (Å²) in [5.74, 6) is 0.733. The molecule has 0 aliphatic carbocycles. The van der Waals surface area contributed by atoms with E-state index < -0.39 is 0 Å². The highest BCUT2D eigenvalue weighted by molar-refractivity contribution is 7.25. The van der Waals surface area contributed by atoms with Crippen LogP contribution in [0, 0.1) is 0 Å². The van der Waals surface area contributed by atoms with E-state index in [9.17, 15) is 0 Å². The lowest BCUT2D eigenvalue weighted by molar-refractivity contribution is 1.17. The Bertz CT molecular complexity index is 3130. The van der Waals surface area contributed by atoms with Gasteiger partial charge in [0.25, 0.3) is 0 Å². The number of thiophene rings is 1. The molecule has 11 rings (SSSR count). The van der Waals surface area contributed by atoms with Crippen LogP contribution in [0.5, 0.6) is 0 Å². The van der Waals surface area contributed by atoms with Gasteiger partial charge in [-0.05, 0) is 48.5 Å². The summed E-state index contributed by atoms with van der Waals surface area (Å²) in [6.07, 6.45) is 0. The molecule has 7 aromatic carbocycles. The molecule has 4 aromatic heterocycles. The molecule has 0 N–H and O–H groups in total. The maximum Gasteiger partial charge on any atom is 0.161 e. The van der Waals surface area contributed by atoms with Crippen LogP contribution in [0.4, 0.5) is 0 Å². The normalized spacial score (nSPS) is 11.9. The van der Waals surface area contributed by atoms with Crippen molar-refractivity contribution in [1.29, 1.82) is 0 Å². The Morgan fingerprint density at radius 3 is 1.75 bits per heavy atom. The van der Waals surface area contributed by atoms with E-state index >= 15 is 0 Å². The van der Waals surface area contributed by atoms with Crippen molar-refractivity contribution < 1.29 is 0 Å². The smallest absolute Gasteiger partial charge is 0.161 e. The third-order valence-electron chi connectivity index (χ3n) is 10.2. The van der Waals surface area contributed by atoms with Crippen molar-refractivity contribution in [3.05, 3.63) is 170 Å². The molecule has 5 heteroatoms. The largest absolute Gasteiger partial charge is 0.309 e. The van der Waals surface area contributed by atoms with Crippen LogP contribution in [-0.4, -0.2) is 19.1 Å². The third-order valence-corrected chi connectivity index (χ3v) is 11.2. The number of para-hydroxylation sites is 4. The molecule has 0 atom stereocenters. The van der Waals surface area contributed by atoms with Crippen molar-refractivity contribution in [3.63, 3.8) is 0 Å². The summed E-state index contributed by atoms with van der Waals surface area (Å²) in [6.45, 7) is 0. The predicted octanol–water partition coefficient (Wildman–Crippen LogP) is 12.4. The van der Waals surface area contributed by atoms with Crippen LogP contribution in [0.3, 0.4) is 0 Å². The summed E-state index contributed by atoms with van der Waals surface area (Å²) in [5.41, 5.74) is 9.98. The summed E-state index contributed by atoms with van der Waals surface area (Å²) in [4.78, 5) is 11.5. The van der Waals surface area contributed by atoms with E-state index in [4.69, 9.17) is 9.97 Å². The van der Waals surface area contributed by atoms with E-state index in [1.807, 2.05) is 6.07 Å². The van der Waals surface area contributed by atoms with Crippen molar-refractivity contribution in [2.75, 3.05) is 0 Å². The lowest BCUT2D eigenvalue weighted by Crippen LogP contribution is -2.00. The predicted molar refractivity (Wildman–Crippen MR) is 214 cm³/mol. The van der Waals surface area contributed by atoms with Crippen LogP contribution in [0.25, 0.3) is 97.9 Å². The zero-order chi connectivity index (χ0) is 33.5. The Balaban J connectivity index is 1.26. The molecule has 0 radical (unpaired) electrons. The first-order chi connectivity index (χ1) is 25.3. The number of aromatic nitrogens is 4. The topological polar surface area (TPSA) is 35.6 Å². The third kappa shape index (κ3) is 4.19. The standard InChI is InChI=1S/C46H28N4S/c1-3-15-29(16-4-1)45-47-44(43-34-22-10-14-26-42(34)51-46(43)48-45)33-21-9-13-25-39(33)50-38-24-12-8-20-32(38)36-27-40-35(28-41(36)50)31-19-7-11-23-37(31)49(40)30-17-5-2-6-18-30/h1-28H. The second-order valence-electron chi connectivity index (χ2n) is 13.0. The molecule has 0 aliphatic rings. The van der Waals surface area contributed by atoms with Gasteiger partial charge in [0.2, 0.25) is 0 Å². The van der Waals surface area contributed by atoms with Gasteiger partial charge in [-0.25, -0.2) is 9.97 Å². The van der Waals surface area contributed by atoms with E-state index in [2.05, 4.69) is 173 Å². The Morgan fingerprint density at radius 1 is 0.431 bits per heavy atom. The molecule has 4 nitrogen and oxygen atoms in total. The highest BCUT2D eigenvalue weighted by Crippen LogP contribution is 2.44. The van der Waals surface area contributed by atoms with Crippen molar-refractivity contribution in [2.24, 2.45) is 0 Å². The molecule has 11 aromatic rings. The van der Waals surface area contributed by atoms with Crippen LogP contribution in [0.1, 0.15) is 0 Å². The highest BCUT2D eigenvalue weighted by atomic mass is 32.1. The van der Waals surface area contributed by atoms with E-state index in [0.29, 0.717) is 0 Å². The number of rotatable bonds is 4. The van der Waals surface area contributed by atoms with E-state index in [0.717, 1.165) is 55.3 Å². The summed E-state index contributed by atoms with van der Waals surface area (Å²) >= 11 is 1.73. The number of benzene rings is 7. The van der Waals surface area contributed by atoms with Gasteiger partial charge >= 0.3 is 0 Å². The van der Waals surface area contributed by atoms with Crippen molar-refractivity contribution in [2.45, 2.75) is 0 Å². The molecule has 4 heterocycles. The molecule has 0 aliphatic heterocycles. The zero-order valence-electron chi connectivity index (χ0n) is 27.4. The first-order valence-corrected chi connectivity index (χ1v) is 18.0. The second kappa shape index (κ2) is 11.0. The monoisotopic (exact) mass is 668 g/mol. The molecule has 0 saturated heterocycles. The van der Waals surface area contributed by atoms with Gasteiger partial charge in [0.05, 0.1) is 33.4 Å². The Morgan fingerprint density at radius 2 is 1.00 bits per heavy atom. The first-order valence-electron chi connectivity index (χ1n) is 17.2. The SMILES string of the molecule is c1ccc(-c2nc(-c3ccccc3-n3c4ccccc4c4cc5c(cc43)c3ccccc3n5-c3ccccc3)c3c(n2)sc2ccccc23)cc1. The van der Waals surface area contributed by atoms with Crippen LogP contribution in [0.15, 0.2) is 170 Å². The molecule has 0 saturated carbocycles. The molecule has 0 fully saturated rings. The molecule has 0 bridgehead atoms. The summed E-state index contributed by atoms with van der Waals surface area (Å²) in [5, 5.41) is 7.16. The van der Waals surface area contributed by atoms with Crippen molar-refractivity contribution in [1.82, 2.24) is 19.1 Å². The Hall–Kier alpha value is -6.56. The molecular weight excluding hydrogens is 641 g/mol. The summed E-state index contributed by atoms with van der Waals surface area (Å²) in [6, 6.07) is 60.6. The van der Waals surface area contributed by atoms with E-state index in [-0.39, 0.29) is 0 Å². The van der Waals surface area contributed by atoms with Crippen molar-refractivity contribution >= 4 is 75.3 Å². The fraction of sp³-hybridized carbons (Fsp3) is 0. The molecular formula is C46H28N4S. The van der Waals surface area contributed by atoms with Crippen LogP contribution < -0.4 is 0 Å². The van der Waals surface area contributed by atoms with Gasteiger partial charge in [0.15, 0.2) is 5.82 Å². The second-order valence-corrected chi connectivity index (χ2v) is 14.0. The quantitative estimate of drug-likeness (QED) is 0.187. The molecule has 0 spiro atoms. The Kier molecular flexibility index (Phi) is 6.09. The number of hydrogen-bond donors (Lipinski definition) is 0. The summed E-state index contributed by atoms with van der Waals surface area (Å²) < 4.78 is 6.05. The minimum Gasteiger partial charge on any atom is -0.309 e. The van der Waals surface area contributed by atoms with Crippen LogP contribution in [-0.2, 0) is 0 Å². The molecule has 0 unspecified atom stereocenters. The van der Waals surface area contributed by atoms with Gasteiger partial charge in [0.1, 0.15) is 4.83 Å². The molecule has 238 valence electrons. The van der Waals surface area contributed by atoms with Gasteiger partial charge in [-0.15, -0.1) is 11.3 Å². The first kappa shape index (κ1) is 28.3. The number of nitrogens with zero attached hydrogens (tertiary/aromatic N) is 4. The van der Waals surface area contributed by atoms with Crippen molar-refractivity contribution in [3.8, 4) is 34.0 Å². The fourth-order valence-corrected chi connectivity index (χ4v) is 9.02. The number of fused-ring (bicyclic) bond motifs is 9. The number of hydrogen-bond acceptors (Lipinski definition) is 3. The lowest BCUT2D eigenvalue weighted by atomic mass is 10.0.